The summed E-state index contributed by atoms with van der Waals surface area (Å²) in [7, 11) is 0. The lowest BCUT2D eigenvalue weighted by molar-refractivity contribution is 0.669. The van der Waals surface area contributed by atoms with Crippen LogP contribution < -0.4 is 4.90 Å². The minimum absolute atomic E-state index is 0.469. The van der Waals surface area contributed by atoms with Gasteiger partial charge in [0.1, 0.15) is 11.2 Å². The molecule has 0 saturated carbocycles. The normalized spacial score (nSPS) is 12.5. The van der Waals surface area contributed by atoms with Crippen LogP contribution in [0.2, 0.25) is 0 Å². The fourth-order valence-electron chi connectivity index (χ4n) is 11.1. The Labute approximate surface area is 402 Å². The molecule has 2 heteroatoms. The molecule has 12 aromatic rings. The van der Waals surface area contributed by atoms with E-state index in [1.165, 1.54) is 50.1 Å². The first-order valence-electron chi connectivity index (χ1n) is 23.7. The molecule has 69 heavy (non-hydrogen) atoms. The minimum atomic E-state index is -0.469. The Morgan fingerprint density at radius 1 is 0.290 bits per heavy atom. The summed E-state index contributed by atoms with van der Waals surface area (Å²) < 4.78 is 6.44. The molecule has 13 rings (SSSR count). The van der Waals surface area contributed by atoms with Crippen molar-refractivity contribution in [2.75, 3.05) is 4.90 Å². The third-order valence-electron chi connectivity index (χ3n) is 14.2. The Bertz CT molecular complexity index is 3780. The molecule has 0 fully saturated rings. The highest BCUT2D eigenvalue weighted by atomic mass is 16.3. The second kappa shape index (κ2) is 16.7. The Kier molecular flexibility index (Phi) is 9.77. The van der Waals surface area contributed by atoms with Gasteiger partial charge in [-0.25, -0.2) is 0 Å². The van der Waals surface area contributed by atoms with Crippen molar-refractivity contribution >= 4 is 39.0 Å². The first-order valence-corrected chi connectivity index (χ1v) is 23.7. The number of rotatable bonds is 9. The number of benzene rings is 11. The van der Waals surface area contributed by atoms with Gasteiger partial charge in [-0.05, 0) is 121 Å². The lowest BCUT2D eigenvalue weighted by atomic mass is 9.67. The molecule has 1 aromatic heterocycles. The highest BCUT2D eigenvalue weighted by molar-refractivity contribution is 6.06. The molecule has 0 atom stereocenters. The van der Waals surface area contributed by atoms with Crippen molar-refractivity contribution in [3.05, 3.63) is 295 Å². The molecule has 0 bridgehead atoms. The van der Waals surface area contributed by atoms with Crippen molar-refractivity contribution in [3.8, 4) is 55.6 Å². The highest BCUT2D eigenvalue weighted by Crippen LogP contribution is 2.58. The SMILES string of the molecule is c1ccc(-c2ccc(-c3cccc(N(c4ccc(-c5cccc6c5-c5ccccc5C6(c5ccccc5)c5ccccc5)cc4)c4ccccc4-c4ccc5c(c4)oc4ccccc45)c3)cc2)cc1. The van der Waals surface area contributed by atoms with Gasteiger partial charge in [-0.3, -0.25) is 0 Å². The maximum absolute atomic E-state index is 6.44. The van der Waals surface area contributed by atoms with Crippen molar-refractivity contribution in [1.82, 2.24) is 0 Å². The first-order chi connectivity index (χ1) is 34.2. The Balaban J connectivity index is 0.959. The van der Waals surface area contributed by atoms with Gasteiger partial charge in [0.2, 0.25) is 0 Å². The van der Waals surface area contributed by atoms with E-state index in [-0.39, 0.29) is 0 Å². The zero-order valence-corrected chi connectivity index (χ0v) is 37.8. The molecule has 2 nitrogen and oxygen atoms in total. The van der Waals surface area contributed by atoms with E-state index in [9.17, 15) is 0 Å². The second-order valence-electron chi connectivity index (χ2n) is 18.0. The number of hydrogen-bond acceptors (Lipinski definition) is 2. The van der Waals surface area contributed by atoms with E-state index in [0.717, 1.165) is 66.8 Å². The molecule has 1 aliphatic carbocycles. The number of furan rings is 1. The quantitative estimate of drug-likeness (QED) is 0.144. The van der Waals surface area contributed by atoms with E-state index in [1.807, 2.05) is 12.1 Å². The Morgan fingerprint density at radius 2 is 0.812 bits per heavy atom. The maximum Gasteiger partial charge on any atom is 0.136 e. The van der Waals surface area contributed by atoms with E-state index in [2.05, 4.69) is 266 Å². The highest BCUT2D eigenvalue weighted by Gasteiger charge is 2.46. The zero-order valence-electron chi connectivity index (χ0n) is 37.8. The molecule has 0 aliphatic heterocycles. The molecule has 0 amide bonds. The standard InChI is InChI=1S/C67H45NO/c1-4-18-46(19-5-1)47-34-36-48(37-35-47)50-20-16-25-55(44-50)68(63-32-14-11-26-56(63)51-40-43-59-58-27-12-15-33-64(58)69-65(59)45-51)54-41-38-49(39-42-54)57-29-17-31-62-66(57)60-28-10-13-30-61(60)67(62,52-21-6-2-7-22-52)53-23-8-3-9-24-53/h1-45H. The fraction of sp³-hybridized carbons (Fsp3) is 0.0149. The molecule has 1 heterocycles. The van der Waals surface area contributed by atoms with E-state index >= 15 is 0 Å². The van der Waals surface area contributed by atoms with Gasteiger partial charge in [0.15, 0.2) is 0 Å². The Hall–Kier alpha value is -8.98. The van der Waals surface area contributed by atoms with Crippen LogP contribution >= 0.6 is 0 Å². The molecule has 0 N–H and O–H groups in total. The van der Waals surface area contributed by atoms with Gasteiger partial charge in [0.25, 0.3) is 0 Å². The molecule has 0 radical (unpaired) electrons. The van der Waals surface area contributed by atoms with E-state index in [1.54, 1.807) is 0 Å². The number of anilines is 3. The molecular formula is C67H45NO. The van der Waals surface area contributed by atoms with Crippen molar-refractivity contribution < 1.29 is 4.42 Å². The minimum Gasteiger partial charge on any atom is -0.456 e. The average Bonchev–Trinajstić information content (AvgIpc) is 3.96. The number of nitrogens with zero attached hydrogens (tertiary/aromatic N) is 1. The van der Waals surface area contributed by atoms with Crippen LogP contribution in [0.5, 0.6) is 0 Å². The smallest absolute Gasteiger partial charge is 0.136 e. The van der Waals surface area contributed by atoms with Crippen molar-refractivity contribution in [2.45, 2.75) is 5.41 Å². The van der Waals surface area contributed by atoms with Crippen LogP contribution in [0.1, 0.15) is 22.3 Å². The summed E-state index contributed by atoms with van der Waals surface area (Å²) in [6.07, 6.45) is 0. The average molecular weight is 880 g/mol. The van der Waals surface area contributed by atoms with Gasteiger partial charge >= 0.3 is 0 Å². The summed E-state index contributed by atoms with van der Waals surface area (Å²) in [6, 6.07) is 99.2. The van der Waals surface area contributed by atoms with E-state index in [0.29, 0.717) is 0 Å². The van der Waals surface area contributed by atoms with Crippen LogP contribution in [0, 0.1) is 0 Å². The summed E-state index contributed by atoms with van der Waals surface area (Å²) in [5.74, 6) is 0. The zero-order chi connectivity index (χ0) is 45.7. The summed E-state index contributed by atoms with van der Waals surface area (Å²) >= 11 is 0. The third-order valence-corrected chi connectivity index (χ3v) is 14.2. The van der Waals surface area contributed by atoms with Crippen LogP contribution in [-0.2, 0) is 5.41 Å². The lowest BCUT2D eigenvalue weighted by Crippen LogP contribution is -2.28. The summed E-state index contributed by atoms with van der Waals surface area (Å²) in [5.41, 5.74) is 21.5. The number of fused-ring (bicyclic) bond motifs is 6. The number of hydrogen-bond donors (Lipinski definition) is 0. The van der Waals surface area contributed by atoms with Gasteiger partial charge in [0.05, 0.1) is 11.1 Å². The van der Waals surface area contributed by atoms with Crippen LogP contribution in [-0.4, -0.2) is 0 Å². The second-order valence-corrected chi connectivity index (χ2v) is 18.0. The van der Waals surface area contributed by atoms with Crippen LogP contribution in [0.3, 0.4) is 0 Å². The number of para-hydroxylation sites is 2. The summed E-state index contributed by atoms with van der Waals surface area (Å²) in [4.78, 5) is 2.41. The molecule has 324 valence electrons. The van der Waals surface area contributed by atoms with Gasteiger partial charge in [-0.2, -0.15) is 0 Å². The van der Waals surface area contributed by atoms with Gasteiger partial charge < -0.3 is 9.32 Å². The van der Waals surface area contributed by atoms with Crippen LogP contribution in [0.4, 0.5) is 17.1 Å². The molecule has 0 saturated heterocycles. The lowest BCUT2D eigenvalue weighted by Gasteiger charge is -2.34. The first kappa shape index (κ1) is 40.3. The van der Waals surface area contributed by atoms with Crippen LogP contribution in [0.15, 0.2) is 277 Å². The predicted molar refractivity (Wildman–Crippen MR) is 287 cm³/mol. The van der Waals surface area contributed by atoms with Gasteiger partial charge in [-0.1, -0.05) is 224 Å². The third kappa shape index (κ3) is 6.72. The molecular weight excluding hydrogens is 835 g/mol. The summed E-state index contributed by atoms with van der Waals surface area (Å²) in [5, 5.41) is 2.24. The van der Waals surface area contributed by atoms with Crippen molar-refractivity contribution in [2.24, 2.45) is 0 Å². The topological polar surface area (TPSA) is 16.4 Å². The molecule has 0 spiro atoms. The van der Waals surface area contributed by atoms with Crippen molar-refractivity contribution in [3.63, 3.8) is 0 Å². The fourth-order valence-corrected chi connectivity index (χ4v) is 11.1. The Morgan fingerprint density at radius 3 is 1.57 bits per heavy atom. The van der Waals surface area contributed by atoms with Crippen LogP contribution in [0.25, 0.3) is 77.6 Å². The molecule has 0 unspecified atom stereocenters. The molecule has 11 aromatic carbocycles. The van der Waals surface area contributed by atoms with Gasteiger partial charge in [-0.15, -0.1) is 0 Å². The van der Waals surface area contributed by atoms with E-state index in [4.69, 9.17) is 4.42 Å². The monoisotopic (exact) mass is 879 g/mol. The van der Waals surface area contributed by atoms with Gasteiger partial charge in [0, 0.05) is 27.7 Å². The summed E-state index contributed by atoms with van der Waals surface area (Å²) in [6.45, 7) is 0. The van der Waals surface area contributed by atoms with E-state index < -0.39 is 5.41 Å². The van der Waals surface area contributed by atoms with Crippen molar-refractivity contribution in [1.29, 1.82) is 0 Å². The largest absolute Gasteiger partial charge is 0.456 e. The maximum atomic E-state index is 6.44. The molecule has 1 aliphatic rings. The predicted octanol–water partition coefficient (Wildman–Crippen LogP) is 18.1.